The summed E-state index contributed by atoms with van der Waals surface area (Å²) in [7, 11) is -3.28. The van der Waals surface area contributed by atoms with Crippen molar-refractivity contribution < 1.29 is 8.42 Å². The van der Waals surface area contributed by atoms with E-state index in [-0.39, 0.29) is 0 Å². The van der Waals surface area contributed by atoms with E-state index in [4.69, 9.17) is 33.2 Å². The van der Waals surface area contributed by atoms with Crippen molar-refractivity contribution in [2.24, 2.45) is 0 Å². The number of sulfonamides is 1. The smallest absolute Gasteiger partial charge is 0.216 e. The van der Waals surface area contributed by atoms with E-state index in [9.17, 15) is 8.42 Å². The van der Waals surface area contributed by atoms with Gasteiger partial charge in [-0.25, -0.2) is 13.4 Å². The van der Waals surface area contributed by atoms with Crippen LogP contribution in [0.4, 0.5) is 5.82 Å². The van der Waals surface area contributed by atoms with Crippen LogP contribution in [0.15, 0.2) is 42.9 Å². The third kappa shape index (κ3) is 4.84. The number of hydrogen-bond acceptors (Lipinski definition) is 6. The molecule has 1 fully saturated rings. The molecule has 3 heterocycles. The fourth-order valence-corrected chi connectivity index (χ4v) is 5.55. The number of aryl methyl sites for hydroxylation is 1. The Morgan fingerprint density at radius 1 is 0.970 bits per heavy atom. The van der Waals surface area contributed by atoms with Crippen molar-refractivity contribution in [2.75, 3.05) is 31.1 Å². The van der Waals surface area contributed by atoms with E-state index >= 15 is 0 Å². The number of pyridine rings is 1. The second-order valence-electron chi connectivity index (χ2n) is 8.22. The van der Waals surface area contributed by atoms with Gasteiger partial charge < -0.3 is 4.90 Å². The van der Waals surface area contributed by atoms with Crippen molar-refractivity contribution in [1.29, 1.82) is 0 Å². The topological polar surface area (TPSA) is 79.3 Å². The van der Waals surface area contributed by atoms with E-state index in [1.165, 1.54) is 0 Å². The number of hydrogen-bond donors (Lipinski definition) is 0. The zero-order valence-electron chi connectivity index (χ0n) is 18.7. The molecule has 2 aromatic heterocycles. The first-order valence-electron chi connectivity index (χ1n) is 10.7. The van der Waals surface area contributed by atoms with Gasteiger partial charge in [0.05, 0.1) is 22.2 Å². The van der Waals surface area contributed by atoms with Gasteiger partial charge in [-0.05, 0) is 44.5 Å². The van der Waals surface area contributed by atoms with Gasteiger partial charge in [0.1, 0.15) is 11.5 Å². The fraction of sp³-hybridized carbons (Fsp3) is 0.348. The van der Waals surface area contributed by atoms with E-state index < -0.39 is 15.3 Å². The highest BCUT2D eigenvalue weighted by Gasteiger charge is 2.30. The van der Waals surface area contributed by atoms with Crippen LogP contribution in [0.5, 0.6) is 0 Å². The standard InChI is InChI=1S/C23H25Cl2N5O2S/c1-15(2)33(31,32)30-10-8-29(9-11-30)21-14-27-22(18-5-4-17(24)12-16(18)3)23(28-21)19-6-7-26-13-20(19)25/h4-7,12-15H,8-11H2,1-3H3. The van der Waals surface area contributed by atoms with Gasteiger partial charge in [-0.2, -0.15) is 4.31 Å². The maximum atomic E-state index is 12.5. The van der Waals surface area contributed by atoms with Crippen LogP contribution in [0.25, 0.3) is 22.5 Å². The quantitative estimate of drug-likeness (QED) is 0.500. The van der Waals surface area contributed by atoms with E-state index in [2.05, 4.69) is 9.88 Å². The normalized spacial score (nSPS) is 15.3. The number of rotatable bonds is 5. The summed E-state index contributed by atoms with van der Waals surface area (Å²) in [6.07, 6.45) is 4.98. The largest absolute Gasteiger partial charge is 0.353 e. The van der Waals surface area contributed by atoms with Crippen LogP contribution in [0.1, 0.15) is 19.4 Å². The highest BCUT2D eigenvalue weighted by molar-refractivity contribution is 7.89. The Bertz CT molecular complexity index is 1280. The molecule has 0 amide bonds. The first kappa shape index (κ1) is 23.9. The van der Waals surface area contributed by atoms with Gasteiger partial charge in [-0.1, -0.05) is 29.3 Å². The van der Waals surface area contributed by atoms with E-state index in [0.717, 1.165) is 16.7 Å². The van der Waals surface area contributed by atoms with Crippen molar-refractivity contribution >= 4 is 39.0 Å². The maximum Gasteiger partial charge on any atom is 0.216 e. The van der Waals surface area contributed by atoms with E-state index in [1.54, 1.807) is 36.7 Å². The minimum atomic E-state index is -3.28. The molecule has 0 atom stereocenters. The summed E-state index contributed by atoms with van der Waals surface area (Å²) < 4.78 is 26.6. The molecule has 0 spiro atoms. The molecule has 0 aliphatic carbocycles. The van der Waals surface area contributed by atoms with Gasteiger partial charge in [0, 0.05) is 54.7 Å². The number of aromatic nitrogens is 3. The molecular weight excluding hydrogens is 481 g/mol. The molecule has 0 radical (unpaired) electrons. The second-order valence-corrected chi connectivity index (χ2v) is 11.6. The Kier molecular flexibility index (Phi) is 6.91. The molecule has 1 saturated heterocycles. The van der Waals surface area contributed by atoms with Crippen LogP contribution in [0, 0.1) is 6.92 Å². The number of benzene rings is 1. The lowest BCUT2D eigenvalue weighted by Crippen LogP contribution is -2.50. The van der Waals surface area contributed by atoms with Crippen LogP contribution in [0.3, 0.4) is 0 Å². The molecule has 3 aromatic rings. The average molecular weight is 506 g/mol. The minimum absolute atomic E-state index is 0.408. The zero-order valence-corrected chi connectivity index (χ0v) is 21.0. The van der Waals surface area contributed by atoms with Crippen molar-refractivity contribution in [2.45, 2.75) is 26.0 Å². The lowest BCUT2D eigenvalue weighted by molar-refractivity contribution is 0.380. The van der Waals surface area contributed by atoms with Gasteiger partial charge in [-0.15, -0.1) is 0 Å². The van der Waals surface area contributed by atoms with Gasteiger partial charge in [0.2, 0.25) is 10.0 Å². The molecular formula is C23H25Cl2N5O2S. The third-order valence-electron chi connectivity index (χ3n) is 5.75. The third-order valence-corrected chi connectivity index (χ3v) is 8.56. The zero-order chi connectivity index (χ0) is 23.8. The van der Waals surface area contributed by atoms with Crippen molar-refractivity contribution in [3.63, 3.8) is 0 Å². The average Bonchev–Trinajstić information content (AvgIpc) is 2.79. The molecule has 174 valence electrons. The van der Waals surface area contributed by atoms with Gasteiger partial charge in [0.25, 0.3) is 0 Å². The van der Waals surface area contributed by atoms with E-state index in [0.29, 0.717) is 53.4 Å². The molecule has 4 rings (SSSR count). The summed E-state index contributed by atoms with van der Waals surface area (Å²) in [5.74, 6) is 0.676. The first-order chi connectivity index (χ1) is 15.7. The Balaban J connectivity index is 1.72. The van der Waals surface area contributed by atoms with Gasteiger partial charge >= 0.3 is 0 Å². The van der Waals surface area contributed by atoms with Crippen LogP contribution in [-0.4, -0.2) is 59.1 Å². The van der Waals surface area contributed by atoms with Gasteiger partial charge in [0.15, 0.2) is 0 Å². The molecule has 0 saturated carbocycles. The van der Waals surface area contributed by atoms with Crippen molar-refractivity contribution in [1.82, 2.24) is 19.3 Å². The number of halogens is 2. The van der Waals surface area contributed by atoms with Crippen LogP contribution in [0.2, 0.25) is 10.0 Å². The van der Waals surface area contributed by atoms with Crippen molar-refractivity contribution in [3.05, 3.63) is 58.5 Å². The molecule has 10 heteroatoms. The monoisotopic (exact) mass is 505 g/mol. The Hall–Kier alpha value is -2.26. The Morgan fingerprint density at radius 2 is 1.70 bits per heavy atom. The Labute approximate surface area is 204 Å². The SMILES string of the molecule is Cc1cc(Cl)ccc1-c1ncc(N2CCN(S(=O)(=O)C(C)C)CC2)nc1-c1ccncc1Cl. The summed E-state index contributed by atoms with van der Waals surface area (Å²) in [5, 5.41) is 0.689. The molecule has 1 aliphatic heterocycles. The van der Waals surface area contributed by atoms with Crippen molar-refractivity contribution in [3.8, 4) is 22.5 Å². The number of piperazine rings is 1. The van der Waals surface area contributed by atoms with Crippen LogP contribution in [-0.2, 0) is 10.0 Å². The summed E-state index contributed by atoms with van der Waals surface area (Å²) in [5.41, 5.74) is 3.95. The molecule has 0 unspecified atom stereocenters. The summed E-state index contributed by atoms with van der Waals surface area (Å²) in [4.78, 5) is 15.9. The first-order valence-corrected chi connectivity index (χ1v) is 12.9. The highest BCUT2D eigenvalue weighted by Crippen LogP contribution is 2.36. The lowest BCUT2D eigenvalue weighted by Gasteiger charge is -2.35. The molecule has 0 bridgehead atoms. The van der Waals surface area contributed by atoms with Crippen LogP contribution < -0.4 is 4.90 Å². The fourth-order valence-electron chi connectivity index (χ4n) is 3.85. The second kappa shape index (κ2) is 9.54. The maximum absolute atomic E-state index is 12.5. The van der Waals surface area contributed by atoms with E-state index in [1.807, 2.05) is 31.2 Å². The summed E-state index contributed by atoms with van der Waals surface area (Å²) in [6, 6.07) is 7.46. The summed E-state index contributed by atoms with van der Waals surface area (Å²) in [6.45, 7) is 7.26. The molecule has 1 aromatic carbocycles. The van der Waals surface area contributed by atoms with Gasteiger partial charge in [-0.3, -0.25) is 9.97 Å². The van der Waals surface area contributed by atoms with Crippen LogP contribution >= 0.6 is 23.2 Å². The Morgan fingerprint density at radius 3 is 2.33 bits per heavy atom. The molecule has 33 heavy (non-hydrogen) atoms. The lowest BCUT2D eigenvalue weighted by atomic mass is 10.0. The summed E-state index contributed by atoms with van der Waals surface area (Å²) >= 11 is 12.6. The molecule has 7 nitrogen and oxygen atoms in total. The molecule has 0 N–H and O–H groups in total. The minimum Gasteiger partial charge on any atom is -0.353 e. The number of anilines is 1. The predicted octanol–water partition coefficient (Wildman–Crippen LogP) is 4.68. The highest BCUT2D eigenvalue weighted by atomic mass is 35.5. The molecule has 1 aliphatic rings. The number of nitrogens with zero attached hydrogens (tertiary/aromatic N) is 5. The predicted molar refractivity (Wildman–Crippen MR) is 133 cm³/mol.